The van der Waals surface area contributed by atoms with Crippen LogP contribution in [0.25, 0.3) is 0 Å². The zero-order valence-electron chi connectivity index (χ0n) is 13.7. The molecular weight excluding hydrogens is 401 g/mol. The minimum Gasteiger partial charge on any atom is -0.368 e. The van der Waals surface area contributed by atoms with Gasteiger partial charge in [-0.15, -0.1) is 36.2 Å². The van der Waals surface area contributed by atoms with Crippen molar-refractivity contribution in [2.45, 2.75) is 6.54 Å². The topological polar surface area (TPSA) is 106 Å². The first-order valence-corrected chi connectivity index (χ1v) is 8.39. The predicted molar refractivity (Wildman–Crippen MR) is 106 cm³/mol. The first-order chi connectivity index (χ1) is 11.6. The van der Waals surface area contributed by atoms with Crippen LogP contribution in [0.1, 0.15) is 15.5 Å². The minimum atomic E-state index is -0.402. The summed E-state index contributed by atoms with van der Waals surface area (Å²) in [6.07, 6.45) is 0. The number of hydrogen-bond donors (Lipinski definition) is 1. The van der Waals surface area contributed by atoms with Gasteiger partial charge in [0.05, 0.1) is 4.92 Å². The number of hydrogen-bond acceptors (Lipinski definition) is 7. The summed E-state index contributed by atoms with van der Waals surface area (Å²) in [5.41, 5.74) is 6.83. The van der Waals surface area contributed by atoms with Gasteiger partial charge in [-0.2, -0.15) is 0 Å². The Balaban J connectivity index is 0.00000169. The Morgan fingerprint density at radius 1 is 1.27 bits per heavy atom. The van der Waals surface area contributed by atoms with Crippen LogP contribution in [-0.4, -0.2) is 46.9 Å². The smallest absolute Gasteiger partial charge is 0.273 e. The number of nitro benzene ring substituents is 1. The van der Waals surface area contributed by atoms with Gasteiger partial charge in [-0.1, -0.05) is 6.07 Å². The van der Waals surface area contributed by atoms with E-state index in [2.05, 4.69) is 4.98 Å². The maximum Gasteiger partial charge on any atom is 0.273 e. The van der Waals surface area contributed by atoms with Crippen molar-refractivity contribution in [2.24, 2.45) is 5.73 Å². The zero-order valence-corrected chi connectivity index (χ0v) is 16.2. The van der Waals surface area contributed by atoms with E-state index in [9.17, 15) is 14.9 Å². The molecular formula is C15H19Cl2N5O3S. The molecule has 1 aromatic heterocycles. The lowest BCUT2D eigenvalue weighted by Gasteiger charge is -2.35. The largest absolute Gasteiger partial charge is 0.368 e. The molecule has 1 aliphatic heterocycles. The number of non-ortho nitro benzene ring substituents is 1. The Hall–Kier alpha value is -1.94. The summed E-state index contributed by atoms with van der Waals surface area (Å²) >= 11 is 1.39. The van der Waals surface area contributed by atoms with Crippen LogP contribution in [0.5, 0.6) is 0 Å². The average Bonchev–Trinajstić information content (AvgIpc) is 3.10. The number of nitro groups is 1. The third kappa shape index (κ3) is 4.82. The van der Waals surface area contributed by atoms with Crippen molar-refractivity contribution < 1.29 is 9.72 Å². The van der Waals surface area contributed by atoms with Gasteiger partial charge in [0, 0.05) is 55.9 Å². The van der Waals surface area contributed by atoms with Gasteiger partial charge in [-0.25, -0.2) is 4.98 Å². The van der Waals surface area contributed by atoms with Gasteiger partial charge in [0.2, 0.25) is 0 Å². The molecule has 0 aliphatic carbocycles. The van der Waals surface area contributed by atoms with Crippen molar-refractivity contribution in [1.29, 1.82) is 0 Å². The Morgan fingerprint density at radius 2 is 1.96 bits per heavy atom. The Morgan fingerprint density at radius 3 is 2.54 bits per heavy atom. The normalized spacial score (nSPS) is 13.6. The van der Waals surface area contributed by atoms with Gasteiger partial charge in [-0.3, -0.25) is 14.9 Å². The van der Waals surface area contributed by atoms with E-state index in [0.29, 0.717) is 38.4 Å². The molecule has 2 aromatic rings. The van der Waals surface area contributed by atoms with Crippen LogP contribution in [0.2, 0.25) is 0 Å². The van der Waals surface area contributed by atoms with Crippen molar-refractivity contribution in [1.82, 2.24) is 9.88 Å². The molecule has 1 fully saturated rings. The molecule has 1 aromatic carbocycles. The van der Waals surface area contributed by atoms with Crippen molar-refractivity contribution in [3.63, 3.8) is 0 Å². The van der Waals surface area contributed by atoms with Gasteiger partial charge in [0.1, 0.15) is 10.7 Å². The highest BCUT2D eigenvalue weighted by atomic mass is 35.5. The lowest BCUT2D eigenvalue weighted by Crippen LogP contribution is -2.48. The Labute approximate surface area is 167 Å². The zero-order chi connectivity index (χ0) is 17.1. The third-order valence-electron chi connectivity index (χ3n) is 3.92. The molecule has 0 atom stereocenters. The number of thiazole rings is 1. The molecule has 2 heterocycles. The first-order valence-electron chi connectivity index (χ1n) is 7.51. The number of rotatable bonds is 4. The minimum absolute atomic E-state index is 0. The molecule has 0 saturated carbocycles. The molecule has 0 unspecified atom stereocenters. The fourth-order valence-electron chi connectivity index (χ4n) is 2.64. The molecule has 1 amide bonds. The van der Waals surface area contributed by atoms with Crippen LogP contribution >= 0.6 is 36.2 Å². The maximum absolute atomic E-state index is 12.4. The first kappa shape index (κ1) is 22.1. The SMILES string of the molecule is Cl.Cl.NCc1nc(C(=O)N2CCN(c3cccc([N+](=O)[O-])c3)CC2)cs1. The number of nitrogens with zero attached hydrogens (tertiary/aromatic N) is 4. The van der Waals surface area contributed by atoms with Crippen LogP contribution in [0.4, 0.5) is 11.4 Å². The van der Waals surface area contributed by atoms with Gasteiger partial charge in [0.25, 0.3) is 11.6 Å². The van der Waals surface area contributed by atoms with E-state index < -0.39 is 4.92 Å². The number of aromatic nitrogens is 1. The standard InChI is InChI=1S/C15H17N5O3S.2ClH/c16-9-14-17-13(10-24-14)15(21)19-6-4-18(5-7-19)11-2-1-3-12(8-11)20(22)23;;/h1-3,8,10H,4-7,9,16H2;2*1H. The second kappa shape index (κ2) is 9.67. The van der Waals surface area contributed by atoms with Crippen molar-refractivity contribution in [3.8, 4) is 0 Å². The van der Waals surface area contributed by atoms with Crippen LogP contribution in [0.3, 0.4) is 0 Å². The van der Waals surface area contributed by atoms with Crippen molar-refractivity contribution in [3.05, 3.63) is 50.5 Å². The molecule has 1 saturated heterocycles. The fourth-order valence-corrected chi connectivity index (χ4v) is 3.28. The van der Waals surface area contributed by atoms with E-state index in [1.807, 2.05) is 11.0 Å². The average molecular weight is 420 g/mol. The number of amides is 1. The molecule has 2 N–H and O–H groups in total. The molecule has 11 heteroatoms. The Kier molecular flexibility index (Phi) is 8.22. The fraction of sp³-hybridized carbons (Fsp3) is 0.333. The van der Waals surface area contributed by atoms with Crippen LogP contribution < -0.4 is 10.6 Å². The lowest BCUT2D eigenvalue weighted by molar-refractivity contribution is -0.384. The summed E-state index contributed by atoms with van der Waals surface area (Å²) in [5, 5.41) is 13.4. The summed E-state index contributed by atoms with van der Waals surface area (Å²) in [6.45, 7) is 2.69. The molecule has 0 spiro atoms. The molecule has 8 nitrogen and oxygen atoms in total. The van der Waals surface area contributed by atoms with E-state index in [-0.39, 0.29) is 36.4 Å². The van der Waals surface area contributed by atoms with E-state index in [1.165, 1.54) is 17.4 Å². The highest BCUT2D eigenvalue weighted by Gasteiger charge is 2.24. The van der Waals surface area contributed by atoms with Crippen LogP contribution in [-0.2, 0) is 6.54 Å². The van der Waals surface area contributed by atoms with E-state index in [0.717, 1.165) is 10.7 Å². The lowest BCUT2D eigenvalue weighted by atomic mass is 10.2. The number of carbonyl (C=O) groups excluding carboxylic acids is 1. The van der Waals surface area contributed by atoms with E-state index in [4.69, 9.17) is 5.73 Å². The van der Waals surface area contributed by atoms with E-state index >= 15 is 0 Å². The highest BCUT2D eigenvalue weighted by molar-refractivity contribution is 7.09. The molecule has 26 heavy (non-hydrogen) atoms. The monoisotopic (exact) mass is 419 g/mol. The molecule has 0 bridgehead atoms. The summed E-state index contributed by atoms with van der Waals surface area (Å²) in [5.74, 6) is -0.0929. The number of anilines is 1. The molecule has 0 radical (unpaired) electrons. The van der Waals surface area contributed by atoms with Crippen LogP contribution in [0.15, 0.2) is 29.6 Å². The van der Waals surface area contributed by atoms with Gasteiger partial charge >= 0.3 is 0 Å². The Bertz CT molecular complexity index is 765. The second-order valence-corrected chi connectivity index (χ2v) is 6.33. The van der Waals surface area contributed by atoms with Crippen molar-refractivity contribution in [2.75, 3.05) is 31.1 Å². The van der Waals surface area contributed by atoms with Gasteiger partial charge in [0.15, 0.2) is 0 Å². The molecule has 1 aliphatic rings. The summed E-state index contributed by atoms with van der Waals surface area (Å²) in [4.78, 5) is 30.9. The highest BCUT2D eigenvalue weighted by Crippen LogP contribution is 2.22. The molecule has 142 valence electrons. The summed E-state index contributed by atoms with van der Waals surface area (Å²) in [7, 11) is 0. The predicted octanol–water partition coefficient (Wildman–Crippen LogP) is 2.32. The van der Waals surface area contributed by atoms with Crippen LogP contribution in [0, 0.1) is 10.1 Å². The van der Waals surface area contributed by atoms with Gasteiger partial charge in [-0.05, 0) is 6.07 Å². The third-order valence-corrected chi connectivity index (χ3v) is 4.79. The maximum atomic E-state index is 12.4. The number of carbonyl (C=O) groups is 1. The summed E-state index contributed by atoms with van der Waals surface area (Å²) in [6, 6.07) is 6.55. The number of piperazine rings is 1. The number of halogens is 2. The number of benzene rings is 1. The van der Waals surface area contributed by atoms with Gasteiger partial charge < -0.3 is 15.5 Å². The molecule has 3 rings (SSSR count). The number of nitrogens with two attached hydrogens (primary N) is 1. The second-order valence-electron chi connectivity index (χ2n) is 5.39. The summed E-state index contributed by atoms with van der Waals surface area (Å²) < 4.78 is 0. The quantitative estimate of drug-likeness (QED) is 0.601. The van der Waals surface area contributed by atoms with Crippen molar-refractivity contribution >= 4 is 53.4 Å². The van der Waals surface area contributed by atoms with E-state index in [1.54, 1.807) is 22.4 Å².